The summed E-state index contributed by atoms with van der Waals surface area (Å²) in [6.45, 7) is 0. The van der Waals surface area contributed by atoms with E-state index in [1.54, 1.807) is 18.2 Å². The standard InChI is InChI=1S/C15H11Cl2NO3/c16-12-6-1-9(7-13(12)17)8-14(19)18-11-4-2-10(3-5-11)15(20)21/h1-7H,8H2,(H,18,19)(H,20,21). The number of halogens is 2. The monoisotopic (exact) mass is 323 g/mol. The second-order valence-electron chi connectivity index (χ2n) is 4.36. The molecule has 0 aromatic heterocycles. The molecule has 2 rings (SSSR count). The van der Waals surface area contributed by atoms with Crippen molar-refractivity contribution in [2.45, 2.75) is 6.42 Å². The van der Waals surface area contributed by atoms with Crippen molar-refractivity contribution < 1.29 is 14.7 Å². The van der Waals surface area contributed by atoms with Gasteiger partial charge >= 0.3 is 5.97 Å². The van der Waals surface area contributed by atoms with Crippen LogP contribution in [0.25, 0.3) is 0 Å². The van der Waals surface area contributed by atoms with E-state index in [4.69, 9.17) is 28.3 Å². The summed E-state index contributed by atoms with van der Waals surface area (Å²) in [5, 5.41) is 12.3. The zero-order valence-corrected chi connectivity index (χ0v) is 12.3. The average Bonchev–Trinajstić information content (AvgIpc) is 2.43. The van der Waals surface area contributed by atoms with Crippen LogP contribution in [0.2, 0.25) is 10.0 Å². The van der Waals surface area contributed by atoms with E-state index in [9.17, 15) is 9.59 Å². The predicted molar refractivity (Wildman–Crippen MR) is 82.2 cm³/mol. The summed E-state index contributed by atoms with van der Waals surface area (Å²) in [6, 6.07) is 10.9. The van der Waals surface area contributed by atoms with E-state index in [0.29, 0.717) is 15.7 Å². The van der Waals surface area contributed by atoms with Crippen molar-refractivity contribution in [3.63, 3.8) is 0 Å². The number of hydrogen-bond acceptors (Lipinski definition) is 2. The van der Waals surface area contributed by atoms with Gasteiger partial charge in [0.2, 0.25) is 5.91 Å². The van der Waals surface area contributed by atoms with Crippen molar-refractivity contribution in [2.24, 2.45) is 0 Å². The van der Waals surface area contributed by atoms with Crippen molar-refractivity contribution in [1.29, 1.82) is 0 Å². The van der Waals surface area contributed by atoms with E-state index < -0.39 is 5.97 Å². The molecule has 0 heterocycles. The summed E-state index contributed by atoms with van der Waals surface area (Å²) in [5.74, 6) is -1.24. The molecule has 2 aromatic rings. The van der Waals surface area contributed by atoms with Gasteiger partial charge in [0.05, 0.1) is 22.0 Å². The minimum Gasteiger partial charge on any atom is -0.478 e. The molecule has 0 aliphatic carbocycles. The molecule has 0 aliphatic rings. The first-order valence-electron chi connectivity index (χ1n) is 6.03. The van der Waals surface area contributed by atoms with Crippen LogP contribution in [0.1, 0.15) is 15.9 Å². The van der Waals surface area contributed by atoms with Crippen molar-refractivity contribution in [3.05, 3.63) is 63.6 Å². The number of carboxylic acids is 1. The molecule has 0 radical (unpaired) electrons. The summed E-state index contributed by atoms with van der Waals surface area (Å²) in [5.41, 5.74) is 1.44. The summed E-state index contributed by atoms with van der Waals surface area (Å²) < 4.78 is 0. The number of carboxylic acid groups (broad SMARTS) is 1. The number of nitrogens with one attached hydrogen (secondary N) is 1. The molecule has 4 nitrogen and oxygen atoms in total. The lowest BCUT2D eigenvalue weighted by atomic mass is 10.1. The highest BCUT2D eigenvalue weighted by Gasteiger charge is 2.07. The van der Waals surface area contributed by atoms with E-state index in [1.165, 1.54) is 24.3 Å². The van der Waals surface area contributed by atoms with Crippen LogP contribution < -0.4 is 5.32 Å². The quantitative estimate of drug-likeness (QED) is 0.897. The van der Waals surface area contributed by atoms with Gasteiger partial charge < -0.3 is 10.4 Å². The average molecular weight is 324 g/mol. The van der Waals surface area contributed by atoms with Gasteiger partial charge in [-0.15, -0.1) is 0 Å². The minimum atomic E-state index is -1.01. The van der Waals surface area contributed by atoms with E-state index in [1.807, 2.05) is 0 Å². The molecule has 108 valence electrons. The molecular formula is C15H11Cl2NO3. The van der Waals surface area contributed by atoms with Crippen LogP contribution in [-0.4, -0.2) is 17.0 Å². The first kappa shape index (κ1) is 15.4. The van der Waals surface area contributed by atoms with E-state index >= 15 is 0 Å². The molecule has 0 unspecified atom stereocenters. The Hall–Kier alpha value is -2.04. The van der Waals surface area contributed by atoms with Crippen LogP contribution in [0.15, 0.2) is 42.5 Å². The van der Waals surface area contributed by atoms with Crippen LogP contribution in [0, 0.1) is 0 Å². The smallest absolute Gasteiger partial charge is 0.335 e. The second-order valence-corrected chi connectivity index (χ2v) is 5.17. The lowest BCUT2D eigenvalue weighted by Crippen LogP contribution is -2.14. The summed E-state index contributed by atoms with van der Waals surface area (Å²) in [4.78, 5) is 22.6. The summed E-state index contributed by atoms with van der Waals surface area (Å²) in [6.07, 6.45) is 0.150. The maximum absolute atomic E-state index is 11.9. The number of anilines is 1. The van der Waals surface area contributed by atoms with Crippen molar-refractivity contribution in [1.82, 2.24) is 0 Å². The minimum absolute atomic E-state index is 0.150. The van der Waals surface area contributed by atoms with Crippen molar-refractivity contribution in [3.8, 4) is 0 Å². The lowest BCUT2D eigenvalue weighted by Gasteiger charge is -2.06. The zero-order valence-electron chi connectivity index (χ0n) is 10.8. The molecule has 0 aliphatic heterocycles. The largest absolute Gasteiger partial charge is 0.478 e. The Balaban J connectivity index is 2.01. The van der Waals surface area contributed by atoms with Crippen molar-refractivity contribution >= 4 is 40.8 Å². The van der Waals surface area contributed by atoms with Gasteiger partial charge in [0.25, 0.3) is 0 Å². The molecule has 0 spiro atoms. The lowest BCUT2D eigenvalue weighted by molar-refractivity contribution is -0.115. The van der Waals surface area contributed by atoms with Gasteiger partial charge in [0, 0.05) is 5.69 Å². The number of carbonyl (C=O) groups is 2. The van der Waals surface area contributed by atoms with E-state index in [-0.39, 0.29) is 17.9 Å². The highest BCUT2D eigenvalue weighted by atomic mass is 35.5. The van der Waals surface area contributed by atoms with Gasteiger partial charge in [-0.2, -0.15) is 0 Å². The fraction of sp³-hybridized carbons (Fsp3) is 0.0667. The fourth-order valence-corrected chi connectivity index (χ4v) is 2.06. The maximum Gasteiger partial charge on any atom is 0.335 e. The molecule has 6 heteroatoms. The Morgan fingerprint density at radius 3 is 2.24 bits per heavy atom. The summed E-state index contributed by atoms with van der Waals surface area (Å²) >= 11 is 11.7. The fourth-order valence-electron chi connectivity index (χ4n) is 1.74. The molecule has 0 fully saturated rings. The van der Waals surface area contributed by atoms with Crippen molar-refractivity contribution in [2.75, 3.05) is 5.32 Å². The van der Waals surface area contributed by atoms with Gasteiger partial charge in [-0.05, 0) is 42.0 Å². The van der Waals surface area contributed by atoms with Crippen LogP contribution in [0.3, 0.4) is 0 Å². The number of benzene rings is 2. The molecule has 2 aromatic carbocycles. The number of rotatable bonds is 4. The van der Waals surface area contributed by atoms with Gasteiger partial charge in [-0.3, -0.25) is 4.79 Å². The Morgan fingerprint density at radius 2 is 1.67 bits per heavy atom. The molecule has 0 saturated heterocycles. The normalized spacial score (nSPS) is 10.2. The third-order valence-corrected chi connectivity index (χ3v) is 3.50. The number of aromatic carboxylic acids is 1. The zero-order chi connectivity index (χ0) is 15.4. The SMILES string of the molecule is O=C(Cc1ccc(Cl)c(Cl)c1)Nc1ccc(C(=O)O)cc1. The first-order chi connectivity index (χ1) is 9.95. The topological polar surface area (TPSA) is 66.4 Å². The van der Waals surface area contributed by atoms with E-state index in [2.05, 4.69) is 5.32 Å². The highest BCUT2D eigenvalue weighted by Crippen LogP contribution is 2.23. The number of amides is 1. The van der Waals surface area contributed by atoms with Gasteiger partial charge in [0.15, 0.2) is 0 Å². The number of carbonyl (C=O) groups excluding carboxylic acids is 1. The predicted octanol–water partition coefficient (Wildman–Crippen LogP) is 3.87. The Kier molecular flexibility index (Phi) is 4.83. The number of hydrogen-bond donors (Lipinski definition) is 2. The van der Waals surface area contributed by atoms with Gasteiger partial charge in [0.1, 0.15) is 0 Å². The summed E-state index contributed by atoms with van der Waals surface area (Å²) in [7, 11) is 0. The highest BCUT2D eigenvalue weighted by molar-refractivity contribution is 6.42. The molecule has 0 bridgehead atoms. The Labute approximate surface area is 131 Å². The van der Waals surface area contributed by atoms with Crippen LogP contribution in [-0.2, 0) is 11.2 Å². The Morgan fingerprint density at radius 1 is 1.00 bits per heavy atom. The van der Waals surface area contributed by atoms with Gasteiger partial charge in [-0.25, -0.2) is 4.79 Å². The third kappa shape index (κ3) is 4.21. The molecule has 21 heavy (non-hydrogen) atoms. The van der Waals surface area contributed by atoms with E-state index in [0.717, 1.165) is 5.56 Å². The van der Waals surface area contributed by atoms with Crippen LogP contribution in [0.4, 0.5) is 5.69 Å². The van der Waals surface area contributed by atoms with Crippen LogP contribution in [0.5, 0.6) is 0 Å². The molecule has 2 N–H and O–H groups in total. The molecule has 0 saturated carbocycles. The molecule has 0 atom stereocenters. The first-order valence-corrected chi connectivity index (χ1v) is 6.78. The van der Waals surface area contributed by atoms with Gasteiger partial charge in [-0.1, -0.05) is 29.3 Å². The Bertz CT molecular complexity index is 684. The second kappa shape index (κ2) is 6.61. The molecule has 1 amide bonds. The third-order valence-electron chi connectivity index (χ3n) is 2.76. The maximum atomic E-state index is 11.9. The molecular weight excluding hydrogens is 313 g/mol. The van der Waals surface area contributed by atoms with Crippen LogP contribution >= 0.6 is 23.2 Å².